The molecule has 4 rings (SSSR count). The van der Waals surface area contributed by atoms with Crippen molar-refractivity contribution in [2.75, 3.05) is 44.8 Å². The first kappa shape index (κ1) is 19.6. The van der Waals surface area contributed by atoms with Crippen molar-refractivity contribution < 1.29 is 19.4 Å². The molecule has 0 amide bonds. The minimum absolute atomic E-state index is 0.287. The molecule has 8 heteroatoms. The van der Waals surface area contributed by atoms with E-state index in [1.165, 1.54) is 0 Å². The molecule has 29 heavy (non-hydrogen) atoms. The second-order valence-corrected chi connectivity index (χ2v) is 7.84. The predicted octanol–water partition coefficient (Wildman–Crippen LogP) is 3.32. The van der Waals surface area contributed by atoms with Crippen LogP contribution in [0.4, 0.5) is 5.13 Å². The van der Waals surface area contributed by atoms with Crippen molar-refractivity contribution in [2.24, 2.45) is 0 Å². The molecule has 1 fully saturated rings. The van der Waals surface area contributed by atoms with Gasteiger partial charge in [0, 0.05) is 26.2 Å². The van der Waals surface area contributed by atoms with Crippen LogP contribution in [-0.2, 0) is 11.3 Å². The second-order valence-electron chi connectivity index (χ2n) is 6.81. The first-order valence-electron chi connectivity index (χ1n) is 9.57. The Kier molecular flexibility index (Phi) is 6.24. The summed E-state index contributed by atoms with van der Waals surface area (Å²) in [7, 11) is 0. The number of carboxylic acid groups (broad SMARTS) is 1. The van der Waals surface area contributed by atoms with Gasteiger partial charge in [0.25, 0.3) is 0 Å². The summed E-state index contributed by atoms with van der Waals surface area (Å²) < 4.78 is 12.3. The van der Waals surface area contributed by atoms with Gasteiger partial charge in [0.1, 0.15) is 12.4 Å². The third kappa shape index (κ3) is 5.23. The van der Waals surface area contributed by atoms with E-state index < -0.39 is 5.97 Å². The number of carboxylic acids is 1. The molecule has 0 bridgehead atoms. The molecular weight excluding hydrogens is 390 g/mol. The van der Waals surface area contributed by atoms with Crippen LogP contribution in [0.5, 0.6) is 5.75 Å². The lowest BCUT2D eigenvalue weighted by Gasteiger charge is -2.26. The number of benzene rings is 2. The number of fused-ring (bicyclic) bond motifs is 1. The van der Waals surface area contributed by atoms with Gasteiger partial charge in [0.05, 0.1) is 29.0 Å². The molecule has 7 nitrogen and oxygen atoms in total. The van der Waals surface area contributed by atoms with Crippen LogP contribution < -0.4 is 10.1 Å². The van der Waals surface area contributed by atoms with E-state index in [9.17, 15) is 4.79 Å². The molecule has 0 radical (unpaired) electrons. The summed E-state index contributed by atoms with van der Waals surface area (Å²) in [5.41, 5.74) is 2.22. The molecule has 152 valence electrons. The first-order valence-corrected chi connectivity index (χ1v) is 10.4. The number of aromatic nitrogens is 1. The minimum Gasteiger partial charge on any atom is -0.492 e. The quantitative estimate of drug-likeness (QED) is 0.586. The van der Waals surface area contributed by atoms with E-state index in [1.807, 2.05) is 30.3 Å². The minimum atomic E-state index is -0.918. The van der Waals surface area contributed by atoms with Gasteiger partial charge in [-0.25, -0.2) is 9.78 Å². The van der Waals surface area contributed by atoms with E-state index in [2.05, 4.69) is 15.2 Å². The first-order chi connectivity index (χ1) is 14.2. The van der Waals surface area contributed by atoms with Gasteiger partial charge in [-0.3, -0.25) is 4.90 Å². The Labute approximate surface area is 172 Å². The zero-order valence-corrected chi connectivity index (χ0v) is 16.8. The Hall–Kier alpha value is -2.68. The number of thiazole rings is 1. The van der Waals surface area contributed by atoms with Gasteiger partial charge in [0.15, 0.2) is 5.13 Å². The smallest absolute Gasteiger partial charge is 0.335 e. The number of rotatable bonds is 8. The summed E-state index contributed by atoms with van der Waals surface area (Å²) in [5, 5.41) is 13.1. The molecular formula is C21H23N3O4S. The van der Waals surface area contributed by atoms with E-state index >= 15 is 0 Å². The van der Waals surface area contributed by atoms with Gasteiger partial charge in [-0.05, 0) is 35.9 Å². The predicted molar refractivity (Wildman–Crippen MR) is 113 cm³/mol. The van der Waals surface area contributed by atoms with Gasteiger partial charge >= 0.3 is 5.97 Å². The number of morpholine rings is 1. The van der Waals surface area contributed by atoms with Crippen LogP contribution in [0.3, 0.4) is 0 Å². The zero-order valence-electron chi connectivity index (χ0n) is 16.0. The van der Waals surface area contributed by atoms with E-state index in [1.54, 1.807) is 23.5 Å². The Bertz CT molecular complexity index is 968. The van der Waals surface area contributed by atoms with E-state index in [0.29, 0.717) is 13.2 Å². The van der Waals surface area contributed by atoms with Crippen LogP contribution in [0.15, 0.2) is 42.5 Å². The van der Waals surface area contributed by atoms with Gasteiger partial charge in [0.2, 0.25) is 0 Å². The SMILES string of the molecule is O=C(O)c1ccc(CNc2nc3ccc(OCCN4CCOCC4)cc3s2)cc1. The van der Waals surface area contributed by atoms with Gasteiger partial charge in [-0.1, -0.05) is 23.5 Å². The Morgan fingerprint density at radius 3 is 2.76 bits per heavy atom. The van der Waals surface area contributed by atoms with E-state index in [-0.39, 0.29) is 5.56 Å². The molecule has 1 saturated heterocycles. The molecule has 2 heterocycles. The Morgan fingerprint density at radius 1 is 1.21 bits per heavy atom. The van der Waals surface area contributed by atoms with Crippen molar-refractivity contribution in [2.45, 2.75) is 6.54 Å². The molecule has 0 aliphatic carbocycles. The average Bonchev–Trinajstić information content (AvgIpc) is 3.15. The van der Waals surface area contributed by atoms with Gasteiger partial charge < -0.3 is 19.9 Å². The molecule has 0 unspecified atom stereocenters. The van der Waals surface area contributed by atoms with E-state index in [4.69, 9.17) is 14.6 Å². The average molecular weight is 413 g/mol. The highest BCUT2D eigenvalue weighted by molar-refractivity contribution is 7.22. The van der Waals surface area contributed by atoms with Crippen molar-refractivity contribution in [1.82, 2.24) is 9.88 Å². The number of nitrogens with zero attached hydrogens (tertiary/aromatic N) is 2. The van der Waals surface area contributed by atoms with Crippen molar-refractivity contribution in [1.29, 1.82) is 0 Å². The number of aromatic carboxylic acids is 1. The zero-order chi connectivity index (χ0) is 20.1. The number of carbonyl (C=O) groups is 1. The second kappa shape index (κ2) is 9.21. The highest BCUT2D eigenvalue weighted by Crippen LogP contribution is 2.29. The largest absolute Gasteiger partial charge is 0.492 e. The van der Waals surface area contributed by atoms with Crippen molar-refractivity contribution in [3.05, 3.63) is 53.6 Å². The van der Waals surface area contributed by atoms with E-state index in [0.717, 1.165) is 59.5 Å². The number of hydrogen-bond donors (Lipinski definition) is 2. The summed E-state index contributed by atoms with van der Waals surface area (Å²) in [5.74, 6) is -0.0659. The molecule has 3 aromatic rings. The fraction of sp³-hybridized carbons (Fsp3) is 0.333. The van der Waals surface area contributed by atoms with Crippen molar-refractivity contribution >= 4 is 32.7 Å². The third-order valence-corrected chi connectivity index (χ3v) is 5.76. The number of anilines is 1. The van der Waals surface area contributed by atoms with Crippen molar-refractivity contribution in [3.8, 4) is 5.75 Å². The molecule has 1 aromatic heterocycles. The summed E-state index contributed by atoms with van der Waals surface area (Å²) >= 11 is 1.58. The molecule has 0 spiro atoms. The topological polar surface area (TPSA) is 83.9 Å². The maximum atomic E-state index is 10.9. The van der Waals surface area contributed by atoms with Gasteiger partial charge in [-0.2, -0.15) is 0 Å². The van der Waals surface area contributed by atoms with Crippen molar-refractivity contribution in [3.63, 3.8) is 0 Å². The summed E-state index contributed by atoms with van der Waals surface area (Å²) in [6.07, 6.45) is 0. The lowest BCUT2D eigenvalue weighted by atomic mass is 10.1. The highest BCUT2D eigenvalue weighted by atomic mass is 32.1. The highest BCUT2D eigenvalue weighted by Gasteiger charge is 2.10. The fourth-order valence-corrected chi connectivity index (χ4v) is 4.02. The summed E-state index contributed by atoms with van der Waals surface area (Å²) in [6.45, 7) is 5.66. The number of ether oxygens (including phenoxy) is 2. The molecule has 1 aliphatic heterocycles. The van der Waals surface area contributed by atoms with Crippen LogP contribution in [0.1, 0.15) is 15.9 Å². The summed E-state index contributed by atoms with van der Waals surface area (Å²) in [4.78, 5) is 17.9. The normalized spacial score (nSPS) is 14.8. The molecule has 2 aromatic carbocycles. The maximum Gasteiger partial charge on any atom is 0.335 e. The monoisotopic (exact) mass is 413 g/mol. The van der Waals surface area contributed by atoms with Crippen LogP contribution >= 0.6 is 11.3 Å². The molecule has 1 aliphatic rings. The Morgan fingerprint density at radius 2 is 2.00 bits per heavy atom. The van der Waals surface area contributed by atoms with Crippen LogP contribution in [0.2, 0.25) is 0 Å². The number of nitrogens with one attached hydrogen (secondary N) is 1. The number of hydrogen-bond acceptors (Lipinski definition) is 7. The molecule has 0 saturated carbocycles. The molecule has 0 atom stereocenters. The third-order valence-electron chi connectivity index (χ3n) is 4.78. The molecule has 2 N–H and O–H groups in total. The van der Waals surface area contributed by atoms with Crippen LogP contribution in [0.25, 0.3) is 10.2 Å². The standard InChI is InChI=1S/C21H23N3O4S/c25-20(26)16-3-1-15(2-4-16)14-22-21-23-18-6-5-17(13-19(18)29-21)28-12-9-24-7-10-27-11-8-24/h1-6,13H,7-12,14H2,(H,22,23)(H,25,26). The lowest BCUT2D eigenvalue weighted by molar-refractivity contribution is 0.0322. The summed E-state index contributed by atoms with van der Waals surface area (Å²) in [6, 6.07) is 12.8. The van der Waals surface area contributed by atoms with Gasteiger partial charge in [-0.15, -0.1) is 0 Å². The Balaban J connectivity index is 1.32. The van der Waals surface area contributed by atoms with Crippen LogP contribution in [-0.4, -0.2) is 60.4 Å². The van der Waals surface area contributed by atoms with Crippen LogP contribution in [0, 0.1) is 0 Å². The lowest BCUT2D eigenvalue weighted by Crippen LogP contribution is -2.38. The maximum absolute atomic E-state index is 10.9. The fourth-order valence-electron chi connectivity index (χ4n) is 3.13.